The lowest BCUT2D eigenvalue weighted by Gasteiger charge is -2.34. The van der Waals surface area contributed by atoms with Gasteiger partial charge < -0.3 is 10.5 Å². The molecule has 2 unspecified atom stereocenters. The van der Waals surface area contributed by atoms with Crippen LogP contribution in [0.1, 0.15) is 65.2 Å². The van der Waals surface area contributed by atoms with Gasteiger partial charge in [-0.3, -0.25) is 4.90 Å². The van der Waals surface area contributed by atoms with Crippen molar-refractivity contribution in [1.82, 2.24) is 4.90 Å². The van der Waals surface area contributed by atoms with Gasteiger partial charge >= 0.3 is 0 Å². The molecule has 0 saturated carbocycles. The highest BCUT2D eigenvalue weighted by Crippen LogP contribution is 2.11. The molecule has 0 radical (unpaired) electrons. The van der Waals surface area contributed by atoms with E-state index in [1.165, 1.54) is 57.9 Å². The van der Waals surface area contributed by atoms with Crippen molar-refractivity contribution >= 4 is 0 Å². The first-order valence-corrected chi connectivity index (χ1v) is 8.33. The lowest BCUT2D eigenvalue weighted by molar-refractivity contribution is -0.0379. The summed E-state index contributed by atoms with van der Waals surface area (Å²) in [5.41, 5.74) is 5.91. The summed E-state index contributed by atoms with van der Waals surface area (Å²) >= 11 is 0. The van der Waals surface area contributed by atoms with Crippen LogP contribution in [0.25, 0.3) is 0 Å². The second-order valence-electron chi connectivity index (χ2n) is 6.04. The van der Waals surface area contributed by atoms with Crippen molar-refractivity contribution in [2.75, 3.05) is 26.2 Å². The zero-order valence-electron chi connectivity index (χ0n) is 13.1. The summed E-state index contributed by atoms with van der Waals surface area (Å²) in [5.74, 6) is 0. The Morgan fingerprint density at radius 2 is 1.74 bits per heavy atom. The molecule has 1 heterocycles. The van der Waals surface area contributed by atoms with Crippen molar-refractivity contribution in [3.8, 4) is 0 Å². The van der Waals surface area contributed by atoms with Gasteiger partial charge in [-0.15, -0.1) is 0 Å². The molecular weight excluding hydrogens is 236 g/mol. The van der Waals surface area contributed by atoms with Crippen LogP contribution in [0.2, 0.25) is 0 Å². The Kier molecular flexibility index (Phi) is 9.48. The highest BCUT2D eigenvalue weighted by atomic mass is 16.5. The minimum absolute atomic E-state index is 0.154. The minimum Gasteiger partial charge on any atom is -0.374 e. The molecule has 1 saturated heterocycles. The molecule has 1 aliphatic heterocycles. The number of nitrogens with zero attached hydrogens (tertiary/aromatic N) is 1. The molecule has 19 heavy (non-hydrogen) atoms. The predicted octanol–water partition coefficient (Wildman–Crippen LogP) is 3.18. The quantitative estimate of drug-likeness (QED) is 0.620. The maximum absolute atomic E-state index is 5.91. The SMILES string of the molecule is CCCCCCCCCCN1CCOC(C(C)N)C1. The number of rotatable bonds is 10. The molecule has 1 rings (SSSR count). The van der Waals surface area contributed by atoms with E-state index in [1.807, 2.05) is 6.92 Å². The topological polar surface area (TPSA) is 38.5 Å². The Bertz CT molecular complexity index is 209. The lowest BCUT2D eigenvalue weighted by atomic mass is 10.1. The molecule has 0 aromatic rings. The first kappa shape index (κ1) is 16.9. The molecule has 0 aromatic carbocycles. The third-order valence-electron chi connectivity index (χ3n) is 4.09. The van der Waals surface area contributed by atoms with Crippen molar-refractivity contribution in [2.24, 2.45) is 5.73 Å². The van der Waals surface area contributed by atoms with Gasteiger partial charge in [0.1, 0.15) is 0 Å². The number of hydrogen-bond donors (Lipinski definition) is 1. The van der Waals surface area contributed by atoms with Gasteiger partial charge in [-0.25, -0.2) is 0 Å². The molecule has 3 heteroatoms. The van der Waals surface area contributed by atoms with Gasteiger partial charge in [0.25, 0.3) is 0 Å². The molecular formula is C16H34N2O. The van der Waals surface area contributed by atoms with E-state index in [1.54, 1.807) is 0 Å². The lowest BCUT2D eigenvalue weighted by Crippen LogP contribution is -2.49. The van der Waals surface area contributed by atoms with Gasteiger partial charge in [0.05, 0.1) is 12.7 Å². The van der Waals surface area contributed by atoms with Crippen LogP contribution >= 0.6 is 0 Å². The normalized spacial score (nSPS) is 22.6. The van der Waals surface area contributed by atoms with Gasteiger partial charge in [0.15, 0.2) is 0 Å². The molecule has 2 atom stereocenters. The van der Waals surface area contributed by atoms with E-state index in [-0.39, 0.29) is 12.1 Å². The highest BCUT2D eigenvalue weighted by Gasteiger charge is 2.22. The maximum Gasteiger partial charge on any atom is 0.0850 e. The molecule has 0 bridgehead atoms. The fourth-order valence-corrected chi connectivity index (χ4v) is 2.72. The highest BCUT2D eigenvalue weighted by molar-refractivity contribution is 4.77. The van der Waals surface area contributed by atoms with E-state index < -0.39 is 0 Å². The number of nitrogens with two attached hydrogens (primary N) is 1. The summed E-state index contributed by atoms with van der Waals surface area (Å²) in [4.78, 5) is 2.52. The molecule has 1 aliphatic rings. The summed E-state index contributed by atoms with van der Waals surface area (Å²) in [6.07, 6.45) is 11.4. The average Bonchev–Trinajstić information content (AvgIpc) is 2.42. The van der Waals surface area contributed by atoms with E-state index in [0.717, 1.165) is 19.7 Å². The van der Waals surface area contributed by atoms with E-state index >= 15 is 0 Å². The maximum atomic E-state index is 5.91. The third kappa shape index (κ3) is 7.91. The van der Waals surface area contributed by atoms with Crippen LogP contribution in [-0.2, 0) is 4.74 Å². The molecule has 0 aliphatic carbocycles. The van der Waals surface area contributed by atoms with Crippen LogP contribution in [0, 0.1) is 0 Å². The van der Waals surface area contributed by atoms with Crippen molar-refractivity contribution < 1.29 is 4.74 Å². The summed E-state index contributed by atoms with van der Waals surface area (Å²) in [6.45, 7) is 8.50. The summed E-state index contributed by atoms with van der Waals surface area (Å²) < 4.78 is 5.69. The second kappa shape index (κ2) is 10.6. The van der Waals surface area contributed by atoms with Crippen molar-refractivity contribution in [3.05, 3.63) is 0 Å². The van der Waals surface area contributed by atoms with Crippen molar-refractivity contribution in [3.63, 3.8) is 0 Å². The molecule has 0 spiro atoms. The molecule has 1 fully saturated rings. The molecule has 0 amide bonds. The number of hydrogen-bond acceptors (Lipinski definition) is 3. The number of unbranched alkanes of at least 4 members (excludes halogenated alkanes) is 7. The van der Waals surface area contributed by atoms with E-state index in [9.17, 15) is 0 Å². The second-order valence-corrected chi connectivity index (χ2v) is 6.04. The average molecular weight is 270 g/mol. The van der Waals surface area contributed by atoms with E-state index in [4.69, 9.17) is 10.5 Å². The van der Waals surface area contributed by atoms with Crippen LogP contribution < -0.4 is 5.73 Å². The standard InChI is InChI=1S/C16H34N2O/c1-3-4-5-6-7-8-9-10-11-18-12-13-19-16(14-18)15(2)17/h15-16H,3-14,17H2,1-2H3. The summed E-state index contributed by atoms with van der Waals surface area (Å²) in [7, 11) is 0. The zero-order chi connectivity index (χ0) is 13.9. The van der Waals surface area contributed by atoms with Crippen LogP contribution in [0.5, 0.6) is 0 Å². The Labute approximate surface area is 119 Å². The molecule has 3 nitrogen and oxygen atoms in total. The van der Waals surface area contributed by atoms with Gasteiger partial charge in [0, 0.05) is 19.1 Å². The monoisotopic (exact) mass is 270 g/mol. The third-order valence-corrected chi connectivity index (χ3v) is 4.09. The summed E-state index contributed by atoms with van der Waals surface area (Å²) in [6, 6.07) is 0.154. The zero-order valence-corrected chi connectivity index (χ0v) is 13.1. The number of morpholine rings is 1. The van der Waals surface area contributed by atoms with Crippen molar-refractivity contribution in [1.29, 1.82) is 0 Å². The van der Waals surface area contributed by atoms with Gasteiger partial charge in [-0.2, -0.15) is 0 Å². The fraction of sp³-hybridized carbons (Fsp3) is 1.00. The van der Waals surface area contributed by atoms with Gasteiger partial charge in [0.2, 0.25) is 0 Å². The fourth-order valence-electron chi connectivity index (χ4n) is 2.72. The molecule has 114 valence electrons. The largest absolute Gasteiger partial charge is 0.374 e. The van der Waals surface area contributed by atoms with Gasteiger partial charge in [-0.1, -0.05) is 51.9 Å². The van der Waals surface area contributed by atoms with Crippen LogP contribution in [0.15, 0.2) is 0 Å². The number of ether oxygens (including phenoxy) is 1. The van der Waals surface area contributed by atoms with Crippen LogP contribution in [-0.4, -0.2) is 43.3 Å². The Balaban J connectivity index is 1.94. The first-order chi connectivity index (χ1) is 9.24. The minimum atomic E-state index is 0.154. The van der Waals surface area contributed by atoms with Crippen LogP contribution in [0.3, 0.4) is 0 Å². The Morgan fingerprint density at radius 1 is 1.11 bits per heavy atom. The predicted molar refractivity (Wildman–Crippen MR) is 82.4 cm³/mol. The smallest absolute Gasteiger partial charge is 0.0850 e. The summed E-state index contributed by atoms with van der Waals surface area (Å²) in [5, 5.41) is 0. The van der Waals surface area contributed by atoms with E-state index in [0.29, 0.717) is 0 Å². The Hall–Kier alpha value is -0.120. The van der Waals surface area contributed by atoms with Crippen molar-refractivity contribution in [2.45, 2.75) is 77.4 Å². The first-order valence-electron chi connectivity index (χ1n) is 8.33. The van der Waals surface area contributed by atoms with Gasteiger partial charge in [-0.05, 0) is 19.9 Å². The Morgan fingerprint density at radius 3 is 2.37 bits per heavy atom. The van der Waals surface area contributed by atoms with E-state index in [2.05, 4.69) is 11.8 Å². The molecule has 0 aromatic heterocycles. The van der Waals surface area contributed by atoms with Crippen LogP contribution in [0.4, 0.5) is 0 Å². The molecule has 2 N–H and O–H groups in total.